The highest BCUT2D eigenvalue weighted by Crippen LogP contribution is 2.12. The van der Waals surface area contributed by atoms with E-state index >= 15 is 0 Å². The van der Waals surface area contributed by atoms with Crippen LogP contribution < -0.4 is 5.56 Å². The standard InChI is InChI=1S/C13H19N3O3/c1-2-7-16-12(18)6-5-11(14-16)13(19)15-8-3-4-10(17)9-15/h5-6,10,17H,2-4,7-9H2,1H3/t10-/m0/s1. The normalized spacial score (nSPS) is 19.5. The van der Waals surface area contributed by atoms with Crippen LogP contribution >= 0.6 is 0 Å². The minimum atomic E-state index is -0.459. The highest BCUT2D eigenvalue weighted by atomic mass is 16.3. The Hall–Kier alpha value is -1.69. The molecule has 1 N–H and O–H groups in total. The Kier molecular flexibility index (Phi) is 4.31. The number of carbonyl (C=O) groups is 1. The molecule has 0 saturated carbocycles. The molecule has 1 aromatic rings. The van der Waals surface area contributed by atoms with Gasteiger partial charge in [-0.1, -0.05) is 6.92 Å². The molecule has 1 aliphatic rings. The summed E-state index contributed by atoms with van der Waals surface area (Å²) < 4.78 is 1.31. The third kappa shape index (κ3) is 3.20. The lowest BCUT2D eigenvalue weighted by Crippen LogP contribution is -2.43. The van der Waals surface area contributed by atoms with Crippen LogP contribution in [0, 0.1) is 0 Å². The Labute approximate surface area is 111 Å². The summed E-state index contributed by atoms with van der Waals surface area (Å²) in [4.78, 5) is 25.4. The molecule has 1 fully saturated rings. The number of likely N-dealkylation sites (tertiary alicyclic amines) is 1. The van der Waals surface area contributed by atoms with Crippen LogP contribution in [0.2, 0.25) is 0 Å². The van der Waals surface area contributed by atoms with Gasteiger partial charge in [-0.3, -0.25) is 9.59 Å². The maximum absolute atomic E-state index is 12.2. The molecule has 1 amide bonds. The lowest BCUT2D eigenvalue weighted by Gasteiger charge is -2.29. The molecule has 0 radical (unpaired) electrons. The van der Waals surface area contributed by atoms with Crippen molar-refractivity contribution in [2.24, 2.45) is 0 Å². The molecule has 0 bridgehead atoms. The predicted octanol–water partition coefficient (Wildman–Crippen LogP) is 0.250. The maximum Gasteiger partial charge on any atom is 0.274 e. The smallest absolute Gasteiger partial charge is 0.274 e. The SMILES string of the molecule is CCCn1nc(C(=O)N2CCC[C@H](O)C2)ccc1=O. The second kappa shape index (κ2) is 5.97. The molecular formula is C13H19N3O3. The molecule has 1 atom stereocenters. The van der Waals surface area contributed by atoms with Gasteiger partial charge in [0.15, 0.2) is 0 Å². The summed E-state index contributed by atoms with van der Waals surface area (Å²) in [6, 6.07) is 2.83. The molecule has 0 unspecified atom stereocenters. The number of carbonyl (C=O) groups excluding carboxylic acids is 1. The Balaban J connectivity index is 2.18. The number of hydrogen-bond acceptors (Lipinski definition) is 4. The summed E-state index contributed by atoms with van der Waals surface area (Å²) in [5, 5.41) is 13.7. The zero-order valence-corrected chi connectivity index (χ0v) is 11.1. The first-order valence-corrected chi connectivity index (χ1v) is 6.67. The lowest BCUT2D eigenvalue weighted by atomic mass is 10.1. The van der Waals surface area contributed by atoms with Crippen LogP contribution in [0.1, 0.15) is 36.7 Å². The minimum Gasteiger partial charge on any atom is -0.391 e. The number of β-amino-alcohol motifs (C(OH)–C–C–N with tert-alkyl or cyclic N) is 1. The molecule has 6 nitrogen and oxygen atoms in total. The molecule has 2 rings (SSSR count). The van der Waals surface area contributed by atoms with E-state index in [0.717, 1.165) is 19.3 Å². The van der Waals surface area contributed by atoms with E-state index in [9.17, 15) is 14.7 Å². The third-order valence-corrected chi connectivity index (χ3v) is 3.20. The van der Waals surface area contributed by atoms with Crippen molar-refractivity contribution in [3.05, 3.63) is 28.2 Å². The zero-order chi connectivity index (χ0) is 13.8. The molecular weight excluding hydrogens is 246 g/mol. The first-order chi connectivity index (χ1) is 9.11. The quantitative estimate of drug-likeness (QED) is 0.850. The first kappa shape index (κ1) is 13.7. The van der Waals surface area contributed by atoms with Crippen LogP contribution in [0.3, 0.4) is 0 Å². The molecule has 6 heteroatoms. The van der Waals surface area contributed by atoms with Gasteiger partial charge in [-0.25, -0.2) is 4.68 Å². The second-order valence-electron chi connectivity index (χ2n) is 4.83. The summed E-state index contributed by atoms with van der Waals surface area (Å²) in [5.41, 5.74) is 0.0687. The van der Waals surface area contributed by atoms with E-state index in [1.165, 1.54) is 16.8 Å². The fourth-order valence-electron chi connectivity index (χ4n) is 2.24. The van der Waals surface area contributed by atoms with Gasteiger partial charge in [-0.15, -0.1) is 0 Å². The van der Waals surface area contributed by atoms with E-state index in [0.29, 0.717) is 19.6 Å². The van der Waals surface area contributed by atoms with Crippen molar-refractivity contribution in [2.45, 2.75) is 38.8 Å². The molecule has 2 heterocycles. The van der Waals surface area contributed by atoms with E-state index < -0.39 is 6.10 Å². The van der Waals surface area contributed by atoms with Gasteiger partial charge in [-0.2, -0.15) is 5.10 Å². The summed E-state index contributed by atoms with van der Waals surface area (Å²) in [5.74, 6) is -0.219. The van der Waals surface area contributed by atoms with Gasteiger partial charge in [0, 0.05) is 25.7 Å². The molecule has 104 valence electrons. The number of aliphatic hydroxyl groups is 1. The third-order valence-electron chi connectivity index (χ3n) is 3.20. The average Bonchev–Trinajstić information content (AvgIpc) is 2.41. The van der Waals surface area contributed by atoms with E-state index in [-0.39, 0.29) is 17.2 Å². The van der Waals surface area contributed by atoms with Crippen LogP contribution in [0.5, 0.6) is 0 Å². The minimum absolute atomic E-state index is 0.197. The fourth-order valence-corrected chi connectivity index (χ4v) is 2.24. The Bertz CT molecular complexity index is 512. The summed E-state index contributed by atoms with van der Waals surface area (Å²) in [6.45, 7) is 3.42. The molecule has 1 aliphatic heterocycles. The monoisotopic (exact) mass is 265 g/mol. The molecule has 0 spiro atoms. The van der Waals surface area contributed by atoms with Gasteiger partial charge >= 0.3 is 0 Å². The number of rotatable bonds is 3. The van der Waals surface area contributed by atoms with E-state index in [4.69, 9.17) is 0 Å². The maximum atomic E-state index is 12.2. The van der Waals surface area contributed by atoms with E-state index in [1.807, 2.05) is 6.92 Å². The molecule has 0 aliphatic carbocycles. The number of amides is 1. The van der Waals surface area contributed by atoms with Crippen molar-refractivity contribution in [3.8, 4) is 0 Å². The van der Waals surface area contributed by atoms with E-state index in [2.05, 4.69) is 5.10 Å². The molecule has 1 saturated heterocycles. The van der Waals surface area contributed by atoms with Crippen molar-refractivity contribution in [1.82, 2.24) is 14.7 Å². The molecule has 1 aromatic heterocycles. The average molecular weight is 265 g/mol. The van der Waals surface area contributed by atoms with Gasteiger partial charge in [-0.05, 0) is 25.3 Å². The Morgan fingerprint density at radius 2 is 2.32 bits per heavy atom. The zero-order valence-electron chi connectivity index (χ0n) is 11.1. The largest absolute Gasteiger partial charge is 0.391 e. The first-order valence-electron chi connectivity index (χ1n) is 6.67. The van der Waals surface area contributed by atoms with Crippen LogP contribution in [0.15, 0.2) is 16.9 Å². The Morgan fingerprint density at radius 1 is 1.53 bits per heavy atom. The number of nitrogens with zero attached hydrogens (tertiary/aromatic N) is 3. The topological polar surface area (TPSA) is 75.4 Å². The Morgan fingerprint density at radius 3 is 3.00 bits per heavy atom. The predicted molar refractivity (Wildman–Crippen MR) is 69.9 cm³/mol. The van der Waals surface area contributed by atoms with Gasteiger partial charge < -0.3 is 10.0 Å². The number of aliphatic hydroxyl groups excluding tert-OH is 1. The van der Waals surface area contributed by atoms with Gasteiger partial charge in [0.2, 0.25) is 0 Å². The summed E-state index contributed by atoms with van der Waals surface area (Å²) in [6.07, 6.45) is 1.85. The second-order valence-corrected chi connectivity index (χ2v) is 4.83. The molecule has 0 aromatic carbocycles. The number of aromatic nitrogens is 2. The van der Waals surface area contributed by atoms with Crippen molar-refractivity contribution >= 4 is 5.91 Å². The highest BCUT2D eigenvalue weighted by Gasteiger charge is 2.24. The van der Waals surface area contributed by atoms with Crippen LogP contribution in [0.25, 0.3) is 0 Å². The van der Waals surface area contributed by atoms with Gasteiger partial charge in [0.1, 0.15) is 5.69 Å². The van der Waals surface area contributed by atoms with Crippen molar-refractivity contribution in [1.29, 1.82) is 0 Å². The van der Waals surface area contributed by atoms with Gasteiger partial charge in [0.25, 0.3) is 11.5 Å². The molecule has 19 heavy (non-hydrogen) atoms. The highest BCUT2D eigenvalue weighted by molar-refractivity contribution is 5.92. The number of hydrogen-bond donors (Lipinski definition) is 1. The fraction of sp³-hybridized carbons (Fsp3) is 0.615. The van der Waals surface area contributed by atoms with Crippen molar-refractivity contribution in [2.75, 3.05) is 13.1 Å². The van der Waals surface area contributed by atoms with Crippen LogP contribution in [-0.2, 0) is 6.54 Å². The van der Waals surface area contributed by atoms with Crippen molar-refractivity contribution < 1.29 is 9.90 Å². The van der Waals surface area contributed by atoms with Crippen LogP contribution in [0.4, 0.5) is 0 Å². The van der Waals surface area contributed by atoms with E-state index in [1.54, 1.807) is 4.90 Å². The number of piperidine rings is 1. The van der Waals surface area contributed by atoms with Crippen LogP contribution in [-0.4, -0.2) is 44.9 Å². The van der Waals surface area contributed by atoms with Gasteiger partial charge in [0.05, 0.1) is 6.10 Å². The summed E-state index contributed by atoms with van der Waals surface area (Å²) in [7, 11) is 0. The number of aryl methyl sites for hydroxylation is 1. The van der Waals surface area contributed by atoms with Crippen molar-refractivity contribution in [3.63, 3.8) is 0 Å². The lowest BCUT2D eigenvalue weighted by molar-refractivity contribution is 0.0466. The summed E-state index contributed by atoms with van der Waals surface area (Å²) >= 11 is 0.